The summed E-state index contributed by atoms with van der Waals surface area (Å²) in [5, 5.41) is 0. The summed E-state index contributed by atoms with van der Waals surface area (Å²) in [5.74, 6) is 0.544. The van der Waals surface area contributed by atoms with Gasteiger partial charge in [0.2, 0.25) is 0 Å². The highest BCUT2D eigenvalue weighted by atomic mass is 16.5. The Balaban J connectivity index is 2.17. The second-order valence-electron chi connectivity index (χ2n) is 5.76. The quantitative estimate of drug-likeness (QED) is 0.866. The van der Waals surface area contributed by atoms with Crippen molar-refractivity contribution >= 4 is 5.69 Å². The molecule has 1 aliphatic heterocycles. The molecule has 1 atom stereocenters. The number of anilines is 1. The number of hydrogen-bond acceptors (Lipinski definition) is 3. The van der Waals surface area contributed by atoms with E-state index in [-0.39, 0.29) is 5.41 Å². The van der Waals surface area contributed by atoms with Gasteiger partial charge in [0.15, 0.2) is 0 Å². The van der Waals surface area contributed by atoms with E-state index in [9.17, 15) is 0 Å². The highest BCUT2D eigenvalue weighted by Crippen LogP contribution is 2.38. The van der Waals surface area contributed by atoms with Gasteiger partial charge in [0, 0.05) is 25.2 Å². The molecule has 2 rings (SSSR count). The van der Waals surface area contributed by atoms with Crippen LogP contribution in [0, 0.1) is 5.92 Å². The van der Waals surface area contributed by atoms with E-state index in [0.29, 0.717) is 5.92 Å². The maximum absolute atomic E-state index is 5.75. The predicted octanol–water partition coefficient (Wildman–Crippen LogP) is 2.01. The third-order valence-corrected chi connectivity index (χ3v) is 3.89. The van der Waals surface area contributed by atoms with Crippen molar-refractivity contribution in [3.8, 4) is 0 Å². The fourth-order valence-electron chi connectivity index (χ4n) is 2.61. The maximum Gasteiger partial charge on any atom is 0.0585 e. The highest BCUT2D eigenvalue weighted by molar-refractivity contribution is 5.47. The minimum atomic E-state index is 0.198. The Morgan fingerprint density at radius 3 is 2.28 bits per heavy atom. The third-order valence-electron chi connectivity index (χ3n) is 3.89. The van der Waals surface area contributed by atoms with E-state index in [1.54, 1.807) is 0 Å². The first kappa shape index (κ1) is 13.4. The van der Waals surface area contributed by atoms with Crippen LogP contribution in [0.4, 0.5) is 5.69 Å². The molecule has 0 aromatic heterocycles. The molecule has 0 radical (unpaired) electrons. The first-order valence-corrected chi connectivity index (χ1v) is 6.63. The number of nitrogens with zero attached hydrogens (tertiary/aromatic N) is 1. The molecule has 2 N–H and O–H groups in total. The molecule has 1 saturated heterocycles. The van der Waals surface area contributed by atoms with Crippen molar-refractivity contribution in [1.29, 1.82) is 0 Å². The lowest BCUT2D eigenvalue weighted by molar-refractivity contribution is -0.0701. The Kier molecular flexibility index (Phi) is 3.93. The summed E-state index contributed by atoms with van der Waals surface area (Å²) >= 11 is 0. The molecule has 1 aromatic rings. The summed E-state index contributed by atoms with van der Waals surface area (Å²) < 4.78 is 5.46. The van der Waals surface area contributed by atoms with Gasteiger partial charge in [-0.1, -0.05) is 19.1 Å². The van der Waals surface area contributed by atoms with Gasteiger partial charge in [-0.15, -0.1) is 0 Å². The molecule has 0 amide bonds. The summed E-state index contributed by atoms with van der Waals surface area (Å²) in [6.45, 7) is 4.63. The number of rotatable bonds is 5. The van der Waals surface area contributed by atoms with Crippen LogP contribution in [0.25, 0.3) is 0 Å². The molecular weight excluding hydrogens is 224 g/mol. The number of ether oxygens (including phenoxy) is 1. The lowest BCUT2D eigenvalue weighted by Crippen LogP contribution is -2.48. The van der Waals surface area contributed by atoms with Crippen molar-refractivity contribution in [3.63, 3.8) is 0 Å². The van der Waals surface area contributed by atoms with Crippen molar-refractivity contribution < 1.29 is 4.74 Å². The van der Waals surface area contributed by atoms with E-state index in [1.807, 2.05) is 0 Å². The summed E-state index contributed by atoms with van der Waals surface area (Å²) in [6, 6.07) is 8.84. The van der Waals surface area contributed by atoms with Gasteiger partial charge in [0.25, 0.3) is 0 Å². The van der Waals surface area contributed by atoms with Crippen LogP contribution in [0.2, 0.25) is 0 Å². The molecule has 0 saturated carbocycles. The Morgan fingerprint density at radius 2 is 1.89 bits per heavy atom. The van der Waals surface area contributed by atoms with E-state index < -0.39 is 0 Å². The SMILES string of the molecule is CC(CN)CC1(c2ccc(N(C)C)cc2)COC1. The average Bonchev–Trinajstić information content (AvgIpc) is 2.33. The molecule has 1 fully saturated rings. The monoisotopic (exact) mass is 248 g/mol. The fraction of sp³-hybridized carbons (Fsp3) is 0.600. The van der Waals surface area contributed by atoms with Crippen LogP contribution in [0.5, 0.6) is 0 Å². The Labute approximate surface area is 110 Å². The molecule has 0 aliphatic carbocycles. The Hall–Kier alpha value is -1.06. The highest BCUT2D eigenvalue weighted by Gasteiger charge is 2.40. The standard InChI is InChI=1S/C15H24N2O/c1-12(9-16)8-15(10-18-11-15)13-4-6-14(7-5-13)17(2)3/h4-7,12H,8-11,16H2,1-3H3. The van der Waals surface area contributed by atoms with Crippen LogP contribution in [0.1, 0.15) is 18.9 Å². The average molecular weight is 248 g/mol. The van der Waals surface area contributed by atoms with Crippen LogP contribution in [-0.4, -0.2) is 33.9 Å². The van der Waals surface area contributed by atoms with Gasteiger partial charge in [-0.05, 0) is 36.6 Å². The van der Waals surface area contributed by atoms with Crippen molar-refractivity contribution in [3.05, 3.63) is 29.8 Å². The van der Waals surface area contributed by atoms with E-state index in [0.717, 1.165) is 26.2 Å². The summed E-state index contributed by atoms with van der Waals surface area (Å²) in [7, 11) is 4.13. The molecule has 1 aliphatic rings. The first-order chi connectivity index (χ1) is 8.57. The maximum atomic E-state index is 5.75. The zero-order chi connectivity index (χ0) is 13.2. The smallest absolute Gasteiger partial charge is 0.0585 e. The topological polar surface area (TPSA) is 38.5 Å². The van der Waals surface area contributed by atoms with Crippen LogP contribution in [0.15, 0.2) is 24.3 Å². The Morgan fingerprint density at radius 1 is 1.28 bits per heavy atom. The summed E-state index contributed by atoms with van der Waals surface area (Å²) in [6.07, 6.45) is 1.12. The van der Waals surface area contributed by atoms with Gasteiger partial charge in [-0.2, -0.15) is 0 Å². The van der Waals surface area contributed by atoms with Crippen molar-refractivity contribution in [1.82, 2.24) is 0 Å². The largest absolute Gasteiger partial charge is 0.379 e. The normalized spacial score (nSPS) is 19.1. The molecule has 3 heteroatoms. The predicted molar refractivity (Wildman–Crippen MR) is 76.1 cm³/mol. The molecule has 3 nitrogen and oxygen atoms in total. The molecule has 1 aromatic carbocycles. The van der Waals surface area contributed by atoms with Gasteiger partial charge in [-0.25, -0.2) is 0 Å². The molecule has 1 heterocycles. The van der Waals surface area contributed by atoms with Gasteiger partial charge in [0.05, 0.1) is 13.2 Å². The molecule has 1 unspecified atom stereocenters. The molecule has 100 valence electrons. The van der Waals surface area contributed by atoms with Crippen molar-refractivity contribution in [2.24, 2.45) is 11.7 Å². The lowest BCUT2D eigenvalue weighted by atomic mass is 9.72. The van der Waals surface area contributed by atoms with Crippen LogP contribution < -0.4 is 10.6 Å². The number of hydrogen-bond donors (Lipinski definition) is 1. The molecule has 0 bridgehead atoms. The van der Waals surface area contributed by atoms with Crippen LogP contribution >= 0.6 is 0 Å². The van der Waals surface area contributed by atoms with Gasteiger partial charge in [0.1, 0.15) is 0 Å². The van der Waals surface area contributed by atoms with Gasteiger partial charge in [-0.3, -0.25) is 0 Å². The zero-order valence-corrected chi connectivity index (χ0v) is 11.6. The first-order valence-electron chi connectivity index (χ1n) is 6.63. The third kappa shape index (κ3) is 2.52. The van der Waals surface area contributed by atoms with Gasteiger partial charge >= 0.3 is 0 Å². The minimum absolute atomic E-state index is 0.198. The Bertz CT molecular complexity index is 382. The summed E-state index contributed by atoms with van der Waals surface area (Å²) in [4.78, 5) is 2.12. The van der Waals surface area contributed by atoms with Crippen molar-refractivity contribution in [2.75, 3.05) is 38.8 Å². The lowest BCUT2D eigenvalue weighted by Gasteiger charge is -2.43. The van der Waals surface area contributed by atoms with E-state index in [1.165, 1.54) is 11.3 Å². The van der Waals surface area contributed by atoms with Gasteiger partial charge < -0.3 is 15.4 Å². The summed E-state index contributed by atoms with van der Waals surface area (Å²) in [5.41, 5.74) is 8.58. The molecule has 18 heavy (non-hydrogen) atoms. The molecular formula is C15H24N2O. The minimum Gasteiger partial charge on any atom is -0.379 e. The zero-order valence-electron chi connectivity index (χ0n) is 11.6. The molecule has 0 spiro atoms. The fourth-order valence-corrected chi connectivity index (χ4v) is 2.61. The van der Waals surface area contributed by atoms with Crippen LogP contribution in [0.3, 0.4) is 0 Å². The van der Waals surface area contributed by atoms with E-state index >= 15 is 0 Å². The van der Waals surface area contributed by atoms with E-state index in [2.05, 4.69) is 50.2 Å². The number of nitrogens with two attached hydrogens (primary N) is 1. The van der Waals surface area contributed by atoms with Crippen LogP contribution in [-0.2, 0) is 10.2 Å². The number of benzene rings is 1. The second kappa shape index (κ2) is 5.29. The van der Waals surface area contributed by atoms with Crippen molar-refractivity contribution in [2.45, 2.75) is 18.8 Å². The van der Waals surface area contributed by atoms with E-state index in [4.69, 9.17) is 10.5 Å². The second-order valence-corrected chi connectivity index (χ2v) is 5.76.